The molecule has 164 valence electrons. The minimum Gasteiger partial charge on any atom is -0.489 e. The van der Waals surface area contributed by atoms with Crippen LogP contribution in [0, 0.1) is 6.92 Å². The van der Waals surface area contributed by atoms with Crippen molar-refractivity contribution in [3.8, 4) is 5.75 Å². The van der Waals surface area contributed by atoms with E-state index in [0.717, 1.165) is 28.1 Å². The molecule has 2 aromatic carbocycles. The van der Waals surface area contributed by atoms with Crippen LogP contribution in [0.1, 0.15) is 28.5 Å². The third-order valence-corrected chi connectivity index (χ3v) is 4.74. The van der Waals surface area contributed by atoms with Crippen LogP contribution in [0.2, 0.25) is 0 Å². The van der Waals surface area contributed by atoms with Crippen molar-refractivity contribution in [3.63, 3.8) is 0 Å². The summed E-state index contributed by atoms with van der Waals surface area (Å²) in [4.78, 5) is 21.3. The molecule has 0 unspecified atom stereocenters. The monoisotopic (exact) mass is 449 g/mol. The molecule has 0 radical (unpaired) electrons. The molecule has 4 aromatic rings. The zero-order valence-electron chi connectivity index (χ0n) is 17.9. The fraction of sp³-hybridized carbons (Fsp3) is 0.160. The molecule has 0 fully saturated rings. The lowest BCUT2D eigenvalue weighted by Crippen LogP contribution is -2.09. The van der Waals surface area contributed by atoms with Gasteiger partial charge in [-0.2, -0.15) is 0 Å². The number of hydrogen-bond donors (Lipinski definition) is 1. The molecular formula is C25H24ClN3O3. The van der Waals surface area contributed by atoms with Crippen molar-refractivity contribution in [2.24, 2.45) is 0 Å². The van der Waals surface area contributed by atoms with Gasteiger partial charge in [-0.25, -0.2) is 14.8 Å². The third-order valence-electron chi connectivity index (χ3n) is 4.74. The van der Waals surface area contributed by atoms with Crippen LogP contribution in [0.25, 0.3) is 11.0 Å². The Morgan fingerprint density at radius 3 is 2.47 bits per heavy atom. The Balaban J connectivity index is 0.00000289. The molecule has 0 amide bonds. The van der Waals surface area contributed by atoms with Gasteiger partial charge in [0.2, 0.25) is 0 Å². The van der Waals surface area contributed by atoms with E-state index in [0.29, 0.717) is 23.5 Å². The minimum absolute atomic E-state index is 0. The summed E-state index contributed by atoms with van der Waals surface area (Å²) < 4.78 is 11.1. The number of benzene rings is 2. The van der Waals surface area contributed by atoms with Gasteiger partial charge in [0.05, 0.1) is 12.3 Å². The van der Waals surface area contributed by atoms with E-state index in [1.54, 1.807) is 6.92 Å². The van der Waals surface area contributed by atoms with Gasteiger partial charge in [0.1, 0.15) is 17.9 Å². The van der Waals surface area contributed by atoms with E-state index in [1.165, 1.54) is 6.20 Å². The van der Waals surface area contributed by atoms with Gasteiger partial charge in [-0.05, 0) is 55.8 Å². The zero-order valence-corrected chi connectivity index (χ0v) is 18.7. The standard InChI is InChI=1S/C25H23N3O3.ClH/c1-3-30-25(29)22-15-26-24-21(14-9-17(2)27-24)23(22)28-19-10-12-20(13-11-19)31-16-18-7-5-4-6-8-18;/h4-15H,3,16H2,1-2H3,(H,26,27,28);1H. The lowest BCUT2D eigenvalue weighted by molar-refractivity contribution is 0.0527. The maximum atomic E-state index is 12.5. The largest absolute Gasteiger partial charge is 0.489 e. The van der Waals surface area contributed by atoms with Crippen LogP contribution >= 0.6 is 12.4 Å². The Hall–Kier alpha value is -3.64. The lowest BCUT2D eigenvalue weighted by atomic mass is 10.1. The van der Waals surface area contributed by atoms with E-state index in [1.807, 2.05) is 73.7 Å². The van der Waals surface area contributed by atoms with Crippen LogP contribution in [0.15, 0.2) is 72.9 Å². The predicted molar refractivity (Wildman–Crippen MR) is 128 cm³/mol. The number of carbonyl (C=O) groups excluding carboxylic acids is 1. The number of anilines is 2. The second-order valence-corrected chi connectivity index (χ2v) is 7.01. The highest BCUT2D eigenvalue weighted by atomic mass is 35.5. The number of esters is 1. The summed E-state index contributed by atoms with van der Waals surface area (Å²) in [6.45, 7) is 4.47. The zero-order chi connectivity index (χ0) is 21.6. The summed E-state index contributed by atoms with van der Waals surface area (Å²) >= 11 is 0. The van der Waals surface area contributed by atoms with E-state index < -0.39 is 5.97 Å². The summed E-state index contributed by atoms with van der Waals surface area (Å²) in [5.74, 6) is 0.333. The molecule has 0 atom stereocenters. The lowest BCUT2D eigenvalue weighted by Gasteiger charge is -2.14. The fourth-order valence-corrected chi connectivity index (χ4v) is 3.19. The highest BCUT2D eigenvalue weighted by Crippen LogP contribution is 2.30. The molecule has 4 rings (SSSR count). The fourth-order valence-electron chi connectivity index (χ4n) is 3.19. The smallest absolute Gasteiger partial charge is 0.341 e. The average Bonchev–Trinajstić information content (AvgIpc) is 2.79. The Kier molecular flexibility index (Phi) is 7.63. The molecule has 32 heavy (non-hydrogen) atoms. The number of aryl methyl sites for hydroxylation is 1. The highest BCUT2D eigenvalue weighted by molar-refractivity contribution is 6.05. The SMILES string of the molecule is CCOC(=O)c1cnc2nc(C)ccc2c1Nc1ccc(OCc2ccccc2)cc1.Cl. The molecule has 6 nitrogen and oxygen atoms in total. The van der Waals surface area contributed by atoms with Crippen LogP contribution in [-0.2, 0) is 11.3 Å². The average molecular weight is 450 g/mol. The number of fused-ring (bicyclic) bond motifs is 1. The molecule has 2 heterocycles. The molecule has 7 heteroatoms. The van der Waals surface area contributed by atoms with Crippen LogP contribution in [0.4, 0.5) is 11.4 Å². The van der Waals surface area contributed by atoms with Crippen molar-refractivity contribution in [2.75, 3.05) is 11.9 Å². The van der Waals surface area contributed by atoms with Crippen molar-refractivity contribution in [1.82, 2.24) is 9.97 Å². The third kappa shape index (κ3) is 5.34. The number of ether oxygens (including phenoxy) is 2. The van der Waals surface area contributed by atoms with E-state index in [4.69, 9.17) is 9.47 Å². The molecular weight excluding hydrogens is 426 g/mol. The van der Waals surface area contributed by atoms with Crippen LogP contribution < -0.4 is 10.1 Å². The highest BCUT2D eigenvalue weighted by Gasteiger charge is 2.17. The molecule has 0 saturated carbocycles. The number of carbonyl (C=O) groups is 1. The Labute approximate surface area is 193 Å². The Morgan fingerprint density at radius 1 is 1.00 bits per heavy atom. The second kappa shape index (κ2) is 10.6. The Morgan fingerprint density at radius 2 is 1.75 bits per heavy atom. The van der Waals surface area contributed by atoms with Gasteiger partial charge in [0.25, 0.3) is 0 Å². The Bertz CT molecular complexity index is 1200. The van der Waals surface area contributed by atoms with E-state index >= 15 is 0 Å². The number of pyridine rings is 2. The molecule has 0 bridgehead atoms. The van der Waals surface area contributed by atoms with Crippen molar-refractivity contribution in [2.45, 2.75) is 20.5 Å². The van der Waals surface area contributed by atoms with E-state index in [2.05, 4.69) is 15.3 Å². The maximum absolute atomic E-state index is 12.5. The molecule has 0 aliphatic rings. The molecule has 0 aliphatic heterocycles. The molecule has 2 aromatic heterocycles. The number of rotatable bonds is 7. The van der Waals surface area contributed by atoms with Gasteiger partial charge in [0.15, 0.2) is 5.65 Å². The van der Waals surface area contributed by atoms with Crippen molar-refractivity contribution in [3.05, 3.63) is 89.7 Å². The first-order valence-corrected chi connectivity index (χ1v) is 10.1. The quantitative estimate of drug-likeness (QED) is 0.356. The number of aromatic nitrogens is 2. The first-order valence-electron chi connectivity index (χ1n) is 10.1. The number of halogens is 1. The predicted octanol–water partition coefficient (Wildman–Crippen LogP) is 5.86. The summed E-state index contributed by atoms with van der Waals surface area (Å²) in [5.41, 5.74) is 4.33. The summed E-state index contributed by atoms with van der Waals surface area (Å²) in [7, 11) is 0. The van der Waals surface area contributed by atoms with Crippen LogP contribution in [-0.4, -0.2) is 22.5 Å². The van der Waals surface area contributed by atoms with E-state index in [9.17, 15) is 4.79 Å². The normalized spacial score (nSPS) is 10.3. The van der Waals surface area contributed by atoms with Crippen molar-refractivity contribution in [1.29, 1.82) is 0 Å². The van der Waals surface area contributed by atoms with Gasteiger partial charge in [-0.15, -0.1) is 12.4 Å². The maximum Gasteiger partial charge on any atom is 0.341 e. The molecule has 0 saturated heterocycles. The summed E-state index contributed by atoms with van der Waals surface area (Å²) in [5, 5.41) is 4.09. The van der Waals surface area contributed by atoms with Gasteiger partial charge in [-0.3, -0.25) is 0 Å². The summed E-state index contributed by atoms with van der Waals surface area (Å²) in [6.07, 6.45) is 1.51. The minimum atomic E-state index is -0.428. The molecule has 0 aliphatic carbocycles. The van der Waals surface area contributed by atoms with Gasteiger partial charge in [-0.1, -0.05) is 30.3 Å². The first kappa shape index (κ1) is 23.0. The second-order valence-electron chi connectivity index (χ2n) is 7.01. The van der Waals surface area contributed by atoms with Crippen molar-refractivity contribution >= 4 is 40.8 Å². The molecule has 0 spiro atoms. The molecule has 1 N–H and O–H groups in total. The number of nitrogens with zero attached hydrogens (tertiary/aromatic N) is 2. The number of nitrogens with one attached hydrogen (secondary N) is 1. The first-order chi connectivity index (χ1) is 15.1. The summed E-state index contributed by atoms with van der Waals surface area (Å²) in [6, 6.07) is 21.4. The number of hydrogen-bond acceptors (Lipinski definition) is 6. The van der Waals surface area contributed by atoms with Gasteiger partial charge < -0.3 is 14.8 Å². The van der Waals surface area contributed by atoms with Gasteiger partial charge >= 0.3 is 5.97 Å². The van der Waals surface area contributed by atoms with Crippen LogP contribution in [0.5, 0.6) is 5.75 Å². The van der Waals surface area contributed by atoms with E-state index in [-0.39, 0.29) is 19.0 Å². The van der Waals surface area contributed by atoms with Crippen LogP contribution in [0.3, 0.4) is 0 Å². The topological polar surface area (TPSA) is 73.3 Å². The van der Waals surface area contributed by atoms with Gasteiger partial charge in [0, 0.05) is 23.0 Å². The van der Waals surface area contributed by atoms with Crippen molar-refractivity contribution < 1.29 is 14.3 Å².